The highest BCUT2D eigenvalue weighted by Crippen LogP contribution is 2.35. The van der Waals surface area contributed by atoms with Crippen molar-refractivity contribution in [3.05, 3.63) is 34.5 Å². The number of benzene rings is 1. The van der Waals surface area contributed by atoms with Crippen molar-refractivity contribution in [2.75, 3.05) is 7.11 Å². The van der Waals surface area contributed by atoms with Gasteiger partial charge in [0, 0.05) is 16.5 Å². The first-order valence-corrected chi connectivity index (χ1v) is 6.41. The van der Waals surface area contributed by atoms with Crippen LogP contribution in [0.4, 0.5) is 0 Å². The molecule has 2 aliphatic rings. The first-order valence-electron chi connectivity index (χ1n) is 6.03. The van der Waals surface area contributed by atoms with E-state index in [9.17, 15) is 4.79 Å². The van der Waals surface area contributed by atoms with Gasteiger partial charge in [-0.3, -0.25) is 0 Å². The van der Waals surface area contributed by atoms with E-state index >= 15 is 0 Å². The highest BCUT2D eigenvalue weighted by Gasteiger charge is 2.35. The lowest BCUT2D eigenvalue weighted by Gasteiger charge is -2.04. The third-order valence-electron chi connectivity index (χ3n) is 3.05. The molecule has 19 heavy (non-hydrogen) atoms. The van der Waals surface area contributed by atoms with Crippen molar-refractivity contribution in [1.29, 1.82) is 0 Å². The second kappa shape index (κ2) is 4.70. The fourth-order valence-corrected chi connectivity index (χ4v) is 2.08. The quantitative estimate of drug-likeness (QED) is 0.630. The predicted molar refractivity (Wildman–Crippen MR) is 72.2 cm³/mol. The molecular formula is C14H12ClNO3. The molecule has 0 N–H and O–H groups in total. The third kappa shape index (κ3) is 2.49. The van der Waals surface area contributed by atoms with Crippen LogP contribution in [-0.4, -0.2) is 19.0 Å². The molecule has 1 aliphatic heterocycles. The second-order valence-electron chi connectivity index (χ2n) is 4.53. The van der Waals surface area contributed by atoms with E-state index in [-0.39, 0.29) is 0 Å². The summed E-state index contributed by atoms with van der Waals surface area (Å²) in [6.45, 7) is 0. The Morgan fingerprint density at radius 2 is 2.26 bits per heavy atom. The Hall–Kier alpha value is -1.81. The van der Waals surface area contributed by atoms with Crippen molar-refractivity contribution < 1.29 is 14.3 Å². The maximum Gasteiger partial charge on any atom is 0.363 e. The number of nitrogens with zero attached hydrogens (tertiary/aromatic N) is 1. The third-order valence-corrected chi connectivity index (χ3v) is 3.28. The summed E-state index contributed by atoms with van der Waals surface area (Å²) >= 11 is 5.95. The van der Waals surface area contributed by atoms with Crippen LogP contribution >= 0.6 is 11.6 Å². The van der Waals surface area contributed by atoms with E-state index < -0.39 is 5.97 Å². The summed E-state index contributed by atoms with van der Waals surface area (Å²) in [6, 6.07) is 5.21. The summed E-state index contributed by atoms with van der Waals surface area (Å²) < 4.78 is 10.4. The van der Waals surface area contributed by atoms with Crippen molar-refractivity contribution in [2.45, 2.75) is 12.8 Å². The largest absolute Gasteiger partial charge is 0.496 e. The predicted octanol–water partition coefficient (Wildman–Crippen LogP) is 3.05. The average Bonchev–Trinajstić information content (AvgIpc) is 3.16. The van der Waals surface area contributed by atoms with Gasteiger partial charge >= 0.3 is 5.97 Å². The lowest BCUT2D eigenvalue weighted by molar-refractivity contribution is -0.130. The Kier molecular flexibility index (Phi) is 3.03. The van der Waals surface area contributed by atoms with Gasteiger partial charge in [0.05, 0.1) is 7.11 Å². The molecule has 0 amide bonds. The molecule has 0 aromatic heterocycles. The van der Waals surface area contributed by atoms with Gasteiger partial charge in [0.15, 0.2) is 5.70 Å². The monoisotopic (exact) mass is 277 g/mol. The van der Waals surface area contributed by atoms with Gasteiger partial charge in [0.25, 0.3) is 0 Å². The molecule has 1 aromatic rings. The topological polar surface area (TPSA) is 47.9 Å². The Bertz CT molecular complexity index is 603. The van der Waals surface area contributed by atoms with Gasteiger partial charge in [-0.25, -0.2) is 9.79 Å². The maximum absolute atomic E-state index is 11.7. The summed E-state index contributed by atoms with van der Waals surface area (Å²) in [5.74, 6) is 1.08. The molecule has 0 saturated heterocycles. The lowest BCUT2D eigenvalue weighted by atomic mass is 10.1. The Morgan fingerprint density at radius 3 is 2.95 bits per heavy atom. The number of rotatable bonds is 3. The number of ether oxygens (including phenoxy) is 2. The molecule has 1 fully saturated rings. The van der Waals surface area contributed by atoms with E-state index in [0.717, 1.165) is 12.8 Å². The van der Waals surface area contributed by atoms with Crippen molar-refractivity contribution in [3.63, 3.8) is 0 Å². The number of halogens is 1. The van der Waals surface area contributed by atoms with E-state index in [2.05, 4.69) is 4.99 Å². The van der Waals surface area contributed by atoms with E-state index in [1.165, 1.54) is 0 Å². The Balaban J connectivity index is 1.96. The first-order chi connectivity index (χ1) is 9.17. The summed E-state index contributed by atoms with van der Waals surface area (Å²) in [7, 11) is 1.57. The zero-order chi connectivity index (χ0) is 13.4. The van der Waals surface area contributed by atoms with Crippen LogP contribution in [-0.2, 0) is 9.53 Å². The normalized spacial score (nSPS) is 20.4. The lowest BCUT2D eigenvalue weighted by Crippen LogP contribution is -2.05. The summed E-state index contributed by atoms with van der Waals surface area (Å²) in [5.41, 5.74) is 1.00. The van der Waals surface area contributed by atoms with E-state index in [1.807, 2.05) is 0 Å². The molecule has 1 saturated carbocycles. The number of esters is 1. The molecule has 1 aromatic carbocycles. The van der Waals surface area contributed by atoms with Crippen molar-refractivity contribution >= 4 is 29.5 Å². The fraction of sp³-hybridized carbons (Fsp3) is 0.286. The molecule has 0 radical (unpaired) electrons. The Morgan fingerprint density at radius 1 is 1.47 bits per heavy atom. The van der Waals surface area contributed by atoms with Gasteiger partial charge in [-0.05, 0) is 37.1 Å². The van der Waals surface area contributed by atoms with E-state index in [1.54, 1.807) is 31.4 Å². The van der Waals surface area contributed by atoms with Crippen molar-refractivity contribution in [1.82, 2.24) is 0 Å². The number of hydrogen-bond acceptors (Lipinski definition) is 4. The molecule has 0 spiro atoms. The summed E-state index contributed by atoms with van der Waals surface area (Å²) in [4.78, 5) is 16.0. The fourth-order valence-electron chi connectivity index (χ4n) is 1.90. The number of hydrogen-bond donors (Lipinski definition) is 0. The number of cyclic esters (lactones) is 1. The van der Waals surface area contributed by atoms with Crippen LogP contribution in [0.5, 0.6) is 5.75 Å². The highest BCUT2D eigenvalue weighted by molar-refractivity contribution is 6.30. The molecule has 1 heterocycles. The first kappa shape index (κ1) is 12.2. The Labute approximate surface area is 115 Å². The number of carbonyl (C=O) groups is 1. The molecule has 1 aliphatic carbocycles. The minimum absolute atomic E-state index is 0.294. The SMILES string of the molecule is COc1ccc(Cl)cc1/C=C1/N=C(C2CC2)OC1=O. The van der Waals surface area contributed by atoms with Gasteiger partial charge in [-0.2, -0.15) is 0 Å². The summed E-state index contributed by atoms with van der Waals surface area (Å²) in [6.07, 6.45) is 3.72. The van der Waals surface area contributed by atoms with Crippen molar-refractivity contribution in [3.8, 4) is 5.75 Å². The van der Waals surface area contributed by atoms with Gasteiger partial charge in [0.2, 0.25) is 5.90 Å². The van der Waals surface area contributed by atoms with E-state index in [4.69, 9.17) is 21.1 Å². The van der Waals surface area contributed by atoms with Crippen molar-refractivity contribution in [2.24, 2.45) is 10.9 Å². The molecule has 0 bridgehead atoms. The molecule has 98 valence electrons. The van der Waals surface area contributed by atoms with E-state index in [0.29, 0.717) is 33.8 Å². The molecule has 5 heteroatoms. The van der Waals surface area contributed by atoms with Gasteiger partial charge in [0.1, 0.15) is 5.75 Å². The molecule has 3 rings (SSSR count). The number of carbonyl (C=O) groups excluding carboxylic acids is 1. The van der Waals surface area contributed by atoms with Gasteiger partial charge in [-0.15, -0.1) is 0 Å². The van der Waals surface area contributed by atoms with Crippen LogP contribution in [0, 0.1) is 5.92 Å². The minimum atomic E-state index is -0.413. The zero-order valence-corrected chi connectivity index (χ0v) is 11.1. The molecule has 4 nitrogen and oxygen atoms in total. The smallest absolute Gasteiger partial charge is 0.363 e. The standard InChI is InChI=1S/C14H12ClNO3/c1-18-12-5-4-10(15)6-9(12)7-11-14(17)19-13(16-11)8-2-3-8/h4-8H,2-3H2,1H3/b11-7+. The minimum Gasteiger partial charge on any atom is -0.496 e. The molecule has 0 atom stereocenters. The summed E-state index contributed by atoms with van der Waals surface area (Å²) in [5, 5.41) is 0.574. The highest BCUT2D eigenvalue weighted by atomic mass is 35.5. The number of methoxy groups -OCH3 is 1. The van der Waals surface area contributed by atoms with Crippen LogP contribution in [0.1, 0.15) is 18.4 Å². The second-order valence-corrected chi connectivity index (χ2v) is 4.97. The van der Waals surface area contributed by atoms with Crippen LogP contribution in [0.3, 0.4) is 0 Å². The molecule has 0 unspecified atom stereocenters. The maximum atomic E-state index is 11.7. The molecular weight excluding hydrogens is 266 g/mol. The number of aliphatic imine (C=N–C) groups is 1. The van der Waals surface area contributed by atoms with Crippen LogP contribution in [0.25, 0.3) is 6.08 Å². The van der Waals surface area contributed by atoms with Crippen LogP contribution in [0.15, 0.2) is 28.9 Å². The van der Waals surface area contributed by atoms with Crippen LogP contribution in [0.2, 0.25) is 5.02 Å². The zero-order valence-electron chi connectivity index (χ0n) is 10.4. The van der Waals surface area contributed by atoms with Gasteiger partial charge in [-0.1, -0.05) is 11.6 Å². The van der Waals surface area contributed by atoms with Gasteiger partial charge < -0.3 is 9.47 Å². The average molecular weight is 278 g/mol. The van der Waals surface area contributed by atoms with Crippen LogP contribution < -0.4 is 4.74 Å².